The molecule has 0 aliphatic carbocycles. The van der Waals surface area contributed by atoms with Gasteiger partial charge in [0, 0.05) is 11.3 Å². The first-order chi connectivity index (χ1) is 15.0. The average molecular weight is 446 g/mol. The van der Waals surface area contributed by atoms with Crippen LogP contribution >= 0.6 is 11.8 Å². The van der Waals surface area contributed by atoms with Gasteiger partial charge in [-0.1, -0.05) is 24.3 Å². The van der Waals surface area contributed by atoms with E-state index in [0.29, 0.717) is 22.6 Å². The first-order valence-electron chi connectivity index (χ1n) is 9.79. The monoisotopic (exact) mass is 446 g/mol. The van der Waals surface area contributed by atoms with Crippen molar-refractivity contribution in [3.05, 3.63) is 59.3 Å². The lowest BCUT2D eigenvalue weighted by Crippen LogP contribution is -2.12. The van der Waals surface area contributed by atoms with Gasteiger partial charge in [0.15, 0.2) is 0 Å². The molecule has 4 rings (SSSR count). The Bertz CT molecular complexity index is 1140. The van der Waals surface area contributed by atoms with Crippen LogP contribution in [-0.2, 0) is 0 Å². The highest BCUT2D eigenvalue weighted by molar-refractivity contribution is 7.99. The second kappa shape index (κ2) is 9.13. The Hall–Kier alpha value is -2.81. The van der Waals surface area contributed by atoms with Crippen LogP contribution in [0.15, 0.2) is 36.7 Å². The van der Waals surface area contributed by atoms with Crippen LogP contribution in [0.25, 0.3) is 16.5 Å². The van der Waals surface area contributed by atoms with Gasteiger partial charge in [-0.05, 0) is 30.7 Å². The predicted molar refractivity (Wildman–Crippen MR) is 117 cm³/mol. The molecule has 1 aromatic carbocycles. The molecule has 3 aromatic rings. The summed E-state index contributed by atoms with van der Waals surface area (Å²) in [4.78, 5) is 13.2. The maximum Gasteiger partial charge on any atom is 0.266 e. The number of anilines is 1. The van der Waals surface area contributed by atoms with Crippen molar-refractivity contribution in [1.82, 2.24) is 15.0 Å². The quantitative estimate of drug-likeness (QED) is 0.516. The number of alkyl halides is 2. The molecule has 9 heteroatoms. The van der Waals surface area contributed by atoms with Gasteiger partial charge >= 0.3 is 0 Å². The van der Waals surface area contributed by atoms with E-state index in [-0.39, 0.29) is 5.56 Å². The number of hydrogen-bond donors (Lipinski definition) is 1. The Balaban J connectivity index is 1.76. The van der Waals surface area contributed by atoms with Crippen molar-refractivity contribution in [1.29, 1.82) is 0 Å². The summed E-state index contributed by atoms with van der Waals surface area (Å²) in [5.41, 5.74) is 1.94. The fourth-order valence-electron chi connectivity index (χ4n) is 3.57. The lowest BCUT2D eigenvalue weighted by Gasteiger charge is -2.19. The summed E-state index contributed by atoms with van der Waals surface area (Å²) < 4.78 is 46.3. The smallest absolute Gasteiger partial charge is 0.266 e. The maximum atomic E-state index is 14.6. The van der Waals surface area contributed by atoms with E-state index >= 15 is 0 Å². The van der Waals surface area contributed by atoms with E-state index in [9.17, 15) is 13.2 Å². The van der Waals surface area contributed by atoms with Crippen LogP contribution in [0, 0.1) is 5.82 Å². The normalized spacial score (nSPS) is 15.1. The Morgan fingerprint density at radius 1 is 1.19 bits per heavy atom. The van der Waals surface area contributed by atoms with Crippen LogP contribution in [0.3, 0.4) is 0 Å². The molecule has 162 valence electrons. The summed E-state index contributed by atoms with van der Waals surface area (Å²) in [6.07, 6.45) is 1.52. The van der Waals surface area contributed by atoms with E-state index in [1.54, 1.807) is 6.92 Å². The number of nitrogens with zero attached hydrogens (tertiary/aromatic N) is 3. The zero-order chi connectivity index (χ0) is 22.0. The number of thioether (sulfide) groups is 1. The van der Waals surface area contributed by atoms with Gasteiger partial charge in [0.1, 0.15) is 23.5 Å². The van der Waals surface area contributed by atoms with Gasteiger partial charge in [0.25, 0.3) is 6.43 Å². The minimum atomic E-state index is -2.88. The van der Waals surface area contributed by atoms with Crippen molar-refractivity contribution in [2.75, 3.05) is 23.9 Å². The molecular weight excluding hydrogens is 425 g/mol. The number of pyridine rings is 1. The standard InChI is InChI=1S/C22H21F3N4OS/c1-12(14-4-3-5-15(18(14)23)20(24)25)28-21-16-10-17(13-6-8-31-9-7-13)29-22(30-2)19(16)26-11-27-21/h3-6,10-12,20H,7-9H2,1-2H3,(H,26,27,28)/t12-/m1/s1. The highest BCUT2D eigenvalue weighted by Crippen LogP contribution is 2.34. The van der Waals surface area contributed by atoms with E-state index in [2.05, 4.69) is 26.3 Å². The predicted octanol–water partition coefficient (Wildman–Crippen LogP) is 5.80. The highest BCUT2D eigenvalue weighted by atomic mass is 32.2. The molecule has 0 spiro atoms. The summed E-state index contributed by atoms with van der Waals surface area (Å²) in [7, 11) is 1.53. The zero-order valence-corrected chi connectivity index (χ0v) is 17.8. The van der Waals surface area contributed by atoms with Crippen molar-refractivity contribution >= 4 is 34.1 Å². The van der Waals surface area contributed by atoms with E-state index in [1.807, 2.05) is 17.8 Å². The Morgan fingerprint density at radius 3 is 2.71 bits per heavy atom. The second-order valence-electron chi connectivity index (χ2n) is 7.11. The molecule has 0 radical (unpaired) electrons. The molecule has 0 amide bonds. The van der Waals surface area contributed by atoms with Crippen LogP contribution in [0.4, 0.5) is 19.0 Å². The van der Waals surface area contributed by atoms with Gasteiger partial charge < -0.3 is 10.1 Å². The van der Waals surface area contributed by atoms with E-state index < -0.39 is 23.8 Å². The van der Waals surface area contributed by atoms with Gasteiger partial charge in [-0.3, -0.25) is 0 Å². The molecule has 5 nitrogen and oxygen atoms in total. The van der Waals surface area contributed by atoms with Gasteiger partial charge in [-0.2, -0.15) is 11.8 Å². The van der Waals surface area contributed by atoms with Crippen LogP contribution in [0.2, 0.25) is 0 Å². The zero-order valence-electron chi connectivity index (χ0n) is 17.0. The van der Waals surface area contributed by atoms with Crippen LogP contribution < -0.4 is 10.1 Å². The largest absolute Gasteiger partial charge is 0.479 e. The van der Waals surface area contributed by atoms with Gasteiger partial charge in [-0.25, -0.2) is 28.1 Å². The molecule has 3 heterocycles. The van der Waals surface area contributed by atoms with Gasteiger partial charge in [0.2, 0.25) is 5.88 Å². The van der Waals surface area contributed by atoms with Crippen molar-refractivity contribution in [3.63, 3.8) is 0 Å². The first kappa shape index (κ1) is 21.4. The third kappa shape index (κ3) is 4.32. The summed E-state index contributed by atoms with van der Waals surface area (Å²) in [6.45, 7) is 1.70. The third-order valence-electron chi connectivity index (χ3n) is 5.19. The number of rotatable bonds is 6. The minimum absolute atomic E-state index is 0.137. The number of fused-ring (bicyclic) bond motifs is 1. The molecule has 0 fully saturated rings. The number of halogens is 3. The molecule has 0 saturated heterocycles. The molecular formula is C22H21F3N4OS. The van der Waals surface area contributed by atoms with Crippen LogP contribution in [0.1, 0.15) is 42.6 Å². The highest BCUT2D eigenvalue weighted by Gasteiger charge is 2.21. The first-order valence-corrected chi connectivity index (χ1v) is 10.9. The van der Waals surface area contributed by atoms with E-state index in [1.165, 1.54) is 25.6 Å². The Kier molecular flexibility index (Phi) is 6.31. The average Bonchev–Trinajstić information content (AvgIpc) is 2.79. The fourth-order valence-corrected chi connectivity index (χ4v) is 4.42. The lowest BCUT2D eigenvalue weighted by atomic mass is 10.0. The molecule has 0 unspecified atom stereocenters. The molecule has 31 heavy (non-hydrogen) atoms. The number of benzene rings is 1. The maximum absolute atomic E-state index is 14.6. The van der Waals surface area contributed by atoms with Crippen molar-refractivity contribution < 1.29 is 17.9 Å². The number of ether oxygens (including phenoxy) is 1. The van der Waals surface area contributed by atoms with Gasteiger partial charge in [-0.15, -0.1) is 0 Å². The number of aromatic nitrogens is 3. The van der Waals surface area contributed by atoms with Crippen molar-refractivity contribution in [2.45, 2.75) is 25.8 Å². The summed E-state index contributed by atoms with van der Waals surface area (Å²) in [5.74, 6) is 1.84. The molecule has 1 N–H and O–H groups in total. The second-order valence-corrected chi connectivity index (χ2v) is 8.26. The number of allylic oxidation sites excluding steroid dienone is 1. The molecule has 1 atom stereocenters. The van der Waals surface area contributed by atoms with Crippen molar-refractivity contribution in [3.8, 4) is 5.88 Å². The van der Waals surface area contributed by atoms with Crippen molar-refractivity contribution in [2.24, 2.45) is 0 Å². The number of hydrogen-bond acceptors (Lipinski definition) is 6. The number of methoxy groups -OCH3 is 1. The molecule has 0 bridgehead atoms. The fraction of sp³-hybridized carbons (Fsp3) is 0.318. The van der Waals surface area contributed by atoms with Gasteiger partial charge in [0.05, 0.1) is 29.8 Å². The Labute approximate surface area is 182 Å². The summed E-state index contributed by atoms with van der Waals surface area (Å²) >= 11 is 1.86. The molecule has 1 aliphatic rings. The minimum Gasteiger partial charge on any atom is -0.479 e. The van der Waals surface area contributed by atoms with Crippen LogP contribution in [-0.4, -0.2) is 33.6 Å². The SMILES string of the molecule is COc1nc(C2=CCSCC2)cc2c(N[C@H](C)c3cccc(C(F)F)c3F)ncnc12. The molecule has 1 aliphatic heterocycles. The third-order valence-corrected chi connectivity index (χ3v) is 6.08. The van der Waals surface area contributed by atoms with E-state index in [4.69, 9.17) is 4.74 Å². The van der Waals surface area contributed by atoms with E-state index in [0.717, 1.165) is 35.3 Å². The summed E-state index contributed by atoms with van der Waals surface area (Å²) in [6, 6.07) is 5.29. The molecule has 0 saturated carbocycles. The molecule has 2 aromatic heterocycles. The van der Waals surface area contributed by atoms with Crippen LogP contribution in [0.5, 0.6) is 5.88 Å². The number of nitrogens with one attached hydrogen (secondary N) is 1. The Morgan fingerprint density at radius 2 is 2.00 bits per heavy atom. The summed E-state index contributed by atoms with van der Waals surface area (Å²) in [5, 5.41) is 3.81. The lowest BCUT2D eigenvalue weighted by molar-refractivity contribution is 0.146. The topological polar surface area (TPSA) is 59.9 Å².